The van der Waals surface area contributed by atoms with E-state index < -0.39 is 0 Å². The molecule has 0 saturated carbocycles. The van der Waals surface area contributed by atoms with Crippen LogP contribution in [0.15, 0.2) is 24.3 Å². The van der Waals surface area contributed by atoms with Gasteiger partial charge in [-0.05, 0) is 30.9 Å². The lowest BCUT2D eigenvalue weighted by atomic mass is 10.0. The maximum Gasteiger partial charge on any atom is 0.341 e. The summed E-state index contributed by atoms with van der Waals surface area (Å²) in [5.41, 5.74) is 0.546. The molecule has 33 heavy (non-hydrogen) atoms. The van der Waals surface area contributed by atoms with Gasteiger partial charge in [0, 0.05) is 0 Å². The van der Waals surface area contributed by atoms with E-state index in [1.54, 1.807) is 6.07 Å². The first-order chi connectivity index (χ1) is 16.1. The van der Waals surface area contributed by atoms with Crippen molar-refractivity contribution in [3.63, 3.8) is 0 Å². The molecule has 1 rings (SSSR count). The molecule has 0 amide bonds. The largest absolute Gasteiger partial charge is 0.493 e. The van der Waals surface area contributed by atoms with Gasteiger partial charge in [0.25, 0.3) is 0 Å². The van der Waals surface area contributed by atoms with Gasteiger partial charge in [-0.1, -0.05) is 129 Å². The SMILES string of the molecule is CCCCCOC(=O)c1ccccc1OCCCCCCCCCCCCCCCC(C)C. The third-order valence-corrected chi connectivity index (χ3v) is 6.27. The average molecular weight is 461 g/mol. The summed E-state index contributed by atoms with van der Waals surface area (Å²) in [6, 6.07) is 7.44. The van der Waals surface area contributed by atoms with Crippen LogP contribution in [-0.2, 0) is 4.74 Å². The van der Waals surface area contributed by atoms with Gasteiger partial charge in [0.15, 0.2) is 0 Å². The van der Waals surface area contributed by atoms with Crippen LogP contribution in [0.25, 0.3) is 0 Å². The summed E-state index contributed by atoms with van der Waals surface area (Å²) in [7, 11) is 0. The number of carbonyl (C=O) groups is 1. The zero-order valence-corrected chi connectivity index (χ0v) is 22.0. The maximum absolute atomic E-state index is 12.3. The molecule has 0 aliphatic carbocycles. The van der Waals surface area contributed by atoms with Gasteiger partial charge >= 0.3 is 5.97 Å². The highest BCUT2D eigenvalue weighted by Gasteiger charge is 2.13. The second-order valence-electron chi connectivity index (χ2n) is 9.97. The predicted octanol–water partition coefficient (Wildman–Crippen LogP) is 9.53. The smallest absolute Gasteiger partial charge is 0.341 e. The number of ether oxygens (including phenoxy) is 2. The highest BCUT2D eigenvalue weighted by molar-refractivity contribution is 5.92. The van der Waals surface area contributed by atoms with Crippen molar-refractivity contribution in [2.45, 2.75) is 130 Å². The second kappa shape index (κ2) is 21.1. The third kappa shape index (κ3) is 16.7. The molecule has 0 N–H and O–H groups in total. The highest BCUT2D eigenvalue weighted by atomic mass is 16.5. The molecule has 0 saturated heterocycles. The Labute approximate surface area is 205 Å². The van der Waals surface area contributed by atoms with Crippen LogP contribution < -0.4 is 4.74 Å². The Bertz CT molecular complexity index is 582. The van der Waals surface area contributed by atoms with Gasteiger partial charge in [-0.3, -0.25) is 0 Å². The van der Waals surface area contributed by atoms with Crippen LogP contribution in [0, 0.1) is 5.92 Å². The summed E-state index contributed by atoms with van der Waals surface area (Å²) < 4.78 is 11.3. The minimum Gasteiger partial charge on any atom is -0.493 e. The quantitative estimate of drug-likeness (QED) is 0.128. The summed E-state index contributed by atoms with van der Waals surface area (Å²) in [4.78, 5) is 12.3. The van der Waals surface area contributed by atoms with E-state index in [9.17, 15) is 4.79 Å². The van der Waals surface area contributed by atoms with Crippen LogP contribution in [0.1, 0.15) is 140 Å². The zero-order valence-electron chi connectivity index (χ0n) is 22.0. The molecular formula is C30H52O3. The second-order valence-corrected chi connectivity index (χ2v) is 9.97. The molecule has 1 aromatic rings. The Balaban J connectivity index is 1.97. The van der Waals surface area contributed by atoms with Crippen molar-refractivity contribution >= 4 is 5.97 Å². The Kier molecular flexibility index (Phi) is 18.8. The van der Waals surface area contributed by atoms with Crippen molar-refractivity contribution in [3.8, 4) is 5.75 Å². The van der Waals surface area contributed by atoms with Crippen LogP contribution in [0.5, 0.6) is 5.75 Å². The molecule has 190 valence electrons. The summed E-state index contributed by atoms with van der Waals surface area (Å²) in [6.07, 6.45) is 22.1. The van der Waals surface area contributed by atoms with E-state index in [0.717, 1.165) is 31.6 Å². The van der Waals surface area contributed by atoms with E-state index >= 15 is 0 Å². The number of carbonyl (C=O) groups excluding carboxylic acids is 1. The summed E-state index contributed by atoms with van der Waals surface area (Å²) in [5, 5.41) is 0. The molecule has 0 heterocycles. The van der Waals surface area contributed by atoms with Crippen molar-refractivity contribution in [3.05, 3.63) is 29.8 Å². The van der Waals surface area contributed by atoms with Gasteiger partial charge in [-0.25, -0.2) is 4.79 Å². The van der Waals surface area contributed by atoms with Crippen LogP contribution in [0.3, 0.4) is 0 Å². The summed E-state index contributed by atoms with van der Waals surface area (Å²) in [6.45, 7) is 7.94. The van der Waals surface area contributed by atoms with Gasteiger partial charge in [-0.2, -0.15) is 0 Å². The molecule has 0 aromatic heterocycles. The first kappa shape index (κ1) is 29.5. The number of hydrogen-bond donors (Lipinski definition) is 0. The van der Waals surface area contributed by atoms with Crippen LogP contribution in [0.4, 0.5) is 0 Å². The van der Waals surface area contributed by atoms with E-state index in [1.165, 1.54) is 83.5 Å². The Morgan fingerprint density at radius 1 is 0.697 bits per heavy atom. The fourth-order valence-corrected chi connectivity index (χ4v) is 4.14. The topological polar surface area (TPSA) is 35.5 Å². The van der Waals surface area contributed by atoms with Crippen molar-refractivity contribution in [1.82, 2.24) is 0 Å². The molecular weight excluding hydrogens is 408 g/mol. The Hall–Kier alpha value is -1.51. The molecule has 0 spiro atoms. The minimum absolute atomic E-state index is 0.271. The van der Waals surface area contributed by atoms with Crippen LogP contribution in [0.2, 0.25) is 0 Å². The monoisotopic (exact) mass is 460 g/mol. The van der Waals surface area contributed by atoms with E-state index in [2.05, 4.69) is 20.8 Å². The fourth-order valence-electron chi connectivity index (χ4n) is 4.14. The molecule has 0 radical (unpaired) electrons. The number of esters is 1. The molecule has 0 atom stereocenters. The molecule has 0 fully saturated rings. The van der Waals surface area contributed by atoms with Crippen molar-refractivity contribution in [2.75, 3.05) is 13.2 Å². The lowest BCUT2D eigenvalue weighted by Gasteiger charge is -2.11. The van der Waals surface area contributed by atoms with Crippen molar-refractivity contribution < 1.29 is 14.3 Å². The molecule has 0 aliphatic rings. The Morgan fingerprint density at radius 3 is 1.79 bits per heavy atom. The van der Waals surface area contributed by atoms with Crippen molar-refractivity contribution in [2.24, 2.45) is 5.92 Å². The van der Waals surface area contributed by atoms with Crippen LogP contribution in [-0.4, -0.2) is 19.2 Å². The predicted molar refractivity (Wildman–Crippen MR) is 141 cm³/mol. The molecule has 0 unspecified atom stereocenters. The van der Waals surface area contributed by atoms with Gasteiger partial charge in [0.1, 0.15) is 11.3 Å². The first-order valence-corrected chi connectivity index (χ1v) is 14.0. The molecule has 1 aromatic carbocycles. The number of benzene rings is 1. The first-order valence-electron chi connectivity index (χ1n) is 14.0. The van der Waals surface area contributed by atoms with E-state index in [4.69, 9.17) is 9.47 Å². The van der Waals surface area contributed by atoms with E-state index in [1.807, 2.05) is 18.2 Å². The minimum atomic E-state index is -0.271. The number of unbranched alkanes of at least 4 members (excludes halogenated alkanes) is 14. The zero-order chi connectivity index (χ0) is 24.0. The number of hydrogen-bond acceptors (Lipinski definition) is 3. The van der Waals surface area contributed by atoms with Gasteiger partial charge in [-0.15, -0.1) is 0 Å². The fraction of sp³-hybridized carbons (Fsp3) is 0.767. The van der Waals surface area contributed by atoms with Gasteiger partial charge < -0.3 is 9.47 Å². The normalized spacial score (nSPS) is 11.2. The third-order valence-electron chi connectivity index (χ3n) is 6.27. The standard InChI is InChI=1S/C30H52O3/c1-4-5-20-26-33-30(31)28-23-18-19-24-29(28)32-25-21-16-14-12-10-8-6-7-9-11-13-15-17-22-27(2)3/h18-19,23-24,27H,4-17,20-22,25-26H2,1-3H3. The molecule has 3 heteroatoms. The van der Waals surface area contributed by atoms with Crippen LogP contribution >= 0.6 is 0 Å². The lowest BCUT2D eigenvalue weighted by Crippen LogP contribution is -2.09. The lowest BCUT2D eigenvalue weighted by molar-refractivity contribution is 0.0493. The van der Waals surface area contributed by atoms with Gasteiger partial charge in [0.2, 0.25) is 0 Å². The summed E-state index contributed by atoms with van der Waals surface area (Å²) in [5.74, 6) is 1.25. The maximum atomic E-state index is 12.3. The molecule has 0 bridgehead atoms. The highest BCUT2D eigenvalue weighted by Crippen LogP contribution is 2.20. The Morgan fingerprint density at radius 2 is 1.21 bits per heavy atom. The number of rotatable bonds is 22. The van der Waals surface area contributed by atoms with Crippen molar-refractivity contribution in [1.29, 1.82) is 0 Å². The van der Waals surface area contributed by atoms with Gasteiger partial charge in [0.05, 0.1) is 13.2 Å². The van der Waals surface area contributed by atoms with E-state index in [0.29, 0.717) is 24.5 Å². The van der Waals surface area contributed by atoms with E-state index in [-0.39, 0.29) is 5.97 Å². The average Bonchev–Trinajstić information content (AvgIpc) is 2.81. The number of para-hydroxylation sites is 1. The molecule has 0 aliphatic heterocycles. The molecule has 3 nitrogen and oxygen atoms in total. The summed E-state index contributed by atoms with van der Waals surface area (Å²) >= 11 is 0.